The Bertz CT molecular complexity index is 2490. The van der Waals surface area contributed by atoms with Gasteiger partial charge in [0.2, 0.25) is 0 Å². The molecule has 0 saturated carbocycles. The minimum absolute atomic E-state index is 0. The number of furan rings is 1. The van der Waals surface area contributed by atoms with Crippen LogP contribution in [0.2, 0.25) is 0 Å². The SMILES string of the molecule is Cc1c[c-]c(-c2cc(C)c(C)cn2)cc1C.Cc1ccc2cc(-c3cccnc3-c3[c-]c4ccoc4c4nc(C(C)(C)C)ccc34)ccc2c1.[Ir]. The normalized spacial score (nSPS) is 11.4. The van der Waals surface area contributed by atoms with E-state index in [1.807, 2.05) is 30.6 Å². The van der Waals surface area contributed by atoms with Crippen molar-refractivity contribution >= 4 is 32.6 Å². The van der Waals surface area contributed by atoms with Crippen molar-refractivity contribution in [1.82, 2.24) is 15.0 Å². The van der Waals surface area contributed by atoms with Gasteiger partial charge in [-0.3, -0.25) is 9.97 Å². The van der Waals surface area contributed by atoms with Crippen LogP contribution in [0.3, 0.4) is 0 Å². The van der Waals surface area contributed by atoms with Crippen LogP contribution in [0, 0.1) is 46.8 Å². The number of hydrogen-bond donors (Lipinski definition) is 0. The number of rotatable bonds is 3. The third-order valence-electron chi connectivity index (χ3n) is 9.50. The molecule has 0 aliphatic carbocycles. The maximum atomic E-state index is 5.85. The smallest absolute Gasteiger partial charge is 0.0847 e. The standard InChI is InChI=1S/C31H25N2O.C15H16N.Ir/c1-19-7-8-21-17-22(10-9-20(21)16-19)24-6-5-14-32-28(24)26-18-23-13-15-34-30(23)29-25(26)11-12-27(33-29)31(2,3)4;1-10-5-6-14(7-11(10)2)15-8-12(3)13(4)9-16-15;/h5-17H,1-4H3;5,7-9H,1-4H3;/q2*-1;. The van der Waals surface area contributed by atoms with Gasteiger partial charge in [0.1, 0.15) is 0 Å². The van der Waals surface area contributed by atoms with Crippen LogP contribution in [0.25, 0.3) is 66.3 Å². The average Bonchev–Trinajstić information content (AvgIpc) is 3.59. The van der Waals surface area contributed by atoms with E-state index in [-0.39, 0.29) is 25.5 Å². The molecule has 5 heteroatoms. The van der Waals surface area contributed by atoms with Crippen LogP contribution < -0.4 is 0 Å². The summed E-state index contributed by atoms with van der Waals surface area (Å²) < 4.78 is 5.85. The summed E-state index contributed by atoms with van der Waals surface area (Å²) in [4.78, 5) is 14.3. The summed E-state index contributed by atoms with van der Waals surface area (Å²) in [5.74, 6) is 0. The fourth-order valence-electron chi connectivity index (χ4n) is 6.19. The largest absolute Gasteiger partial charge is 0.506 e. The molecule has 0 aliphatic rings. The van der Waals surface area contributed by atoms with Gasteiger partial charge in [-0.15, -0.1) is 41.0 Å². The molecule has 0 bridgehead atoms. The van der Waals surface area contributed by atoms with E-state index in [9.17, 15) is 0 Å². The van der Waals surface area contributed by atoms with Crippen LogP contribution in [0.15, 0.2) is 108 Å². The first-order chi connectivity index (χ1) is 24.0. The second kappa shape index (κ2) is 14.3. The Morgan fingerprint density at radius 3 is 2.25 bits per heavy atom. The number of benzene rings is 4. The van der Waals surface area contributed by atoms with Gasteiger partial charge in [-0.1, -0.05) is 117 Å². The third kappa shape index (κ3) is 7.28. The second-order valence-corrected chi connectivity index (χ2v) is 14.3. The van der Waals surface area contributed by atoms with E-state index >= 15 is 0 Å². The fourth-order valence-corrected chi connectivity index (χ4v) is 6.19. The molecule has 0 saturated heterocycles. The molecule has 0 atom stereocenters. The molecule has 4 aromatic heterocycles. The van der Waals surface area contributed by atoms with Crippen LogP contribution in [0.5, 0.6) is 0 Å². The summed E-state index contributed by atoms with van der Waals surface area (Å²) >= 11 is 0. The minimum atomic E-state index is -0.0631. The third-order valence-corrected chi connectivity index (χ3v) is 9.50. The van der Waals surface area contributed by atoms with Gasteiger partial charge >= 0.3 is 0 Å². The number of fused-ring (bicyclic) bond motifs is 4. The summed E-state index contributed by atoms with van der Waals surface area (Å²) in [7, 11) is 0. The van der Waals surface area contributed by atoms with Gasteiger partial charge in [-0.2, -0.15) is 0 Å². The Labute approximate surface area is 314 Å². The number of hydrogen-bond acceptors (Lipinski definition) is 4. The van der Waals surface area contributed by atoms with Crippen molar-refractivity contribution in [2.45, 2.75) is 60.8 Å². The molecule has 8 rings (SSSR count). The molecule has 4 heterocycles. The molecule has 0 N–H and O–H groups in total. The van der Waals surface area contributed by atoms with Crippen LogP contribution >= 0.6 is 0 Å². The van der Waals surface area contributed by atoms with Gasteiger partial charge in [-0.05, 0) is 72.1 Å². The molecule has 8 aromatic rings. The summed E-state index contributed by atoms with van der Waals surface area (Å²) in [6.45, 7) is 17.1. The van der Waals surface area contributed by atoms with Crippen molar-refractivity contribution in [3.8, 4) is 33.6 Å². The van der Waals surface area contributed by atoms with Gasteiger partial charge < -0.3 is 9.40 Å². The zero-order chi connectivity index (χ0) is 35.2. The first-order valence-electron chi connectivity index (χ1n) is 17.1. The predicted octanol–water partition coefficient (Wildman–Crippen LogP) is 12.0. The topological polar surface area (TPSA) is 51.8 Å². The number of aromatic nitrogens is 3. The maximum absolute atomic E-state index is 5.85. The molecule has 4 aromatic carbocycles. The second-order valence-electron chi connectivity index (χ2n) is 14.3. The number of pyridine rings is 3. The van der Waals surface area contributed by atoms with Crippen molar-refractivity contribution < 1.29 is 24.5 Å². The summed E-state index contributed by atoms with van der Waals surface area (Å²) in [5.41, 5.74) is 15.0. The van der Waals surface area contributed by atoms with Gasteiger partial charge in [0.25, 0.3) is 0 Å². The monoisotopic (exact) mass is 844 g/mol. The number of aryl methyl sites for hydroxylation is 5. The molecule has 0 amide bonds. The van der Waals surface area contributed by atoms with Crippen LogP contribution in [-0.4, -0.2) is 15.0 Å². The minimum Gasteiger partial charge on any atom is -0.506 e. The van der Waals surface area contributed by atoms with Gasteiger partial charge in [0, 0.05) is 61.1 Å². The van der Waals surface area contributed by atoms with E-state index in [0.29, 0.717) is 0 Å². The van der Waals surface area contributed by atoms with Crippen molar-refractivity contribution in [2.24, 2.45) is 0 Å². The molecule has 257 valence electrons. The zero-order valence-electron chi connectivity index (χ0n) is 30.4. The quantitative estimate of drug-likeness (QED) is 0.166. The Kier molecular flexibility index (Phi) is 10.1. The maximum Gasteiger partial charge on any atom is 0.0847 e. The molecular weight excluding hydrogens is 803 g/mol. The molecule has 0 aliphatic heterocycles. The van der Waals surface area contributed by atoms with Gasteiger partial charge in [0.15, 0.2) is 0 Å². The number of nitrogens with zero attached hydrogens (tertiary/aromatic N) is 3. The molecule has 4 nitrogen and oxygen atoms in total. The Hall–Kier alpha value is -4.96. The van der Waals surface area contributed by atoms with E-state index in [2.05, 4.69) is 139 Å². The Morgan fingerprint density at radius 1 is 0.725 bits per heavy atom. The molecule has 0 unspecified atom stereocenters. The van der Waals surface area contributed by atoms with Crippen molar-refractivity contribution in [3.63, 3.8) is 0 Å². The van der Waals surface area contributed by atoms with Crippen molar-refractivity contribution in [1.29, 1.82) is 0 Å². The molecule has 0 spiro atoms. The molecule has 51 heavy (non-hydrogen) atoms. The van der Waals surface area contributed by atoms with Gasteiger partial charge in [-0.25, -0.2) is 0 Å². The summed E-state index contributed by atoms with van der Waals surface area (Å²) in [5, 5.41) is 4.36. The fraction of sp³-hybridized carbons (Fsp3) is 0.196. The summed E-state index contributed by atoms with van der Waals surface area (Å²) in [6.07, 6.45) is 5.48. The Balaban J connectivity index is 0.000000222. The van der Waals surface area contributed by atoms with E-state index in [1.165, 1.54) is 38.6 Å². The first-order valence-corrected chi connectivity index (χ1v) is 17.1. The van der Waals surface area contributed by atoms with Crippen molar-refractivity contribution in [3.05, 3.63) is 149 Å². The first kappa shape index (κ1) is 35.9. The van der Waals surface area contributed by atoms with Crippen LogP contribution in [0.1, 0.15) is 54.3 Å². The zero-order valence-corrected chi connectivity index (χ0v) is 32.8. The predicted molar refractivity (Wildman–Crippen MR) is 207 cm³/mol. The molecule has 0 fully saturated rings. The van der Waals surface area contributed by atoms with Crippen molar-refractivity contribution in [2.75, 3.05) is 0 Å². The van der Waals surface area contributed by atoms with Crippen LogP contribution in [-0.2, 0) is 25.5 Å². The summed E-state index contributed by atoms with van der Waals surface area (Å²) in [6, 6.07) is 36.6. The molecule has 1 radical (unpaired) electrons. The molecular formula is C46H41IrN3O-2. The van der Waals surface area contributed by atoms with E-state index in [0.717, 1.165) is 61.2 Å². The van der Waals surface area contributed by atoms with E-state index in [4.69, 9.17) is 14.4 Å². The van der Waals surface area contributed by atoms with E-state index in [1.54, 1.807) is 6.26 Å². The average molecular weight is 844 g/mol. The van der Waals surface area contributed by atoms with Crippen LogP contribution in [0.4, 0.5) is 0 Å². The van der Waals surface area contributed by atoms with Gasteiger partial charge in [0.05, 0.1) is 5.58 Å². The Morgan fingerprint density at radius 2 is 1.49 bits per heavy atom. The van der Waals surface area contributed by atoms with E-state index < -0.39 is 0 Å².